The molecule has 1 heterocycles. The van der Waals surface area contributed by atoms with Gasteiger partial charge in [-0.1, -0.05) is 17.7 Å². The average Bonchev–Trinajstić information content (AvgIpc) is 2.46. The fraction of sp³-hybridized carbons (Fsp3) is 0.438. The van der Waals surface area contributed by atoms with Gasteiger partial charge in [0.1, 0.15) is 0 Å². The first-order valence-corrected chi connectivity index (χ1v) is 7.43. The maximum atomic E-state index is 10.5. The molecule has 114 valence electrons. The van der Waals surface area contributed by atoms with Gasteiger partial charge in [0.2, 0.25) is 0 Å². The second-order valence-corrected chi connectivity index (χ2v) is 5.72. The lowest BCUT2D eigenvalue weighted by molar-refractivity contribution is -0.131. The van der Waals surface area contributed by atoms with E-state index in [1.54, 1.807) is 0 Å². The number of rotatable bonds is 5. The van der Waals surface area contributed by atoms with Gasteiger partial charge in [0.25, 0.3) is 0 Å². The molecule has 0 unspecified atom stereocenters. The van der Waals surface area contributed by atoms with Crippen molar-refractivity contribution in [2.75, 3.05) is 31.7 Å². The average molecular weight is 310 g/mol. The van der Waals surface area contributed by atoms with E-state index in [0.29, 0.717) is 16.5 Å². The van der Waals surface area contributed by atoms with Crippen molar-refractivity contribution in [1.82, 2.24) is 0 Å². The van der Waals surface area contributed by atoms with Crippen molar-refractivity contribution in [2.45, 2.75) is 12.8 Å². The molecule has 2 rings (SSSR count). The third kappa shape index (κ3) is 4.76. The summed E-state index contributed by atoms with van der Waals surface area (Å²) < 4.78 is 5.37. The zero-order valence-electron chi connectivity index (χ0n) is 12.1. The summed E-state index contributed by atoms with van der Waals surface area (Å²) in [5.41, 5.74) is 1.75. The molecular weight excluding hydrogens is 290 g/mol. The van der Waals surface area contributed by atoms with Crippen LogP contribution in [0.2, 0.25) is 5.02 Å². The van der Waals surface area contributed by atoms with Crippen molar-refractivity contribution >= 4 is 29.3 Å². The van der Waals surface area contributed by atoms with Crippen molar-refractivity contribution in [3.8, 4) is 0 Å². The van der Waals surface area contributed by atoms with E-state index in [1.807, 2.05) is 25.2 Å². The molecule has 1 aliphatic rings. The zero-order valence-corrected chi connectivity index (χ0v) is 12.8. The number of nitrogens with zero attached hydrogens (tertiary/aromatic N) is 1. The second kappa shape index (κ2) is 7.48. The van der Waals surface area contributed by atoms with E-state index in [4.69, 9.17) is 21.4 Å². The molecule has 0 atom stereocenters. The van der Waals surface area contributed by atoms with E-state index >= 15 is 0 Å². The number of carboxylic acids is 1. The minimum atomic E-state index is -0.980. The van der Waals surface area contributed by atoms with E-state index in [9.17, 15) is 4.79 Å². The smallest absolute Gasteiger partial charge is 0.328 e. The largest absolute Gasteiger partial charge is 0.478 e. The highest BCUT2D eigenvalue weighted by molar-refractivity contribution is 6.32. The van der Waals surface area contributed by atoms with Crippen LogP contribution in [0, 0.1) is 5.92 Å². The number of carbonyl (C=O) groups is 1. The predicted octanol–water partition coefficient (Wildman–Crippen LogP) is 3.30. The normalized spacial score (nSPS) is 16.3. The summed E-state index contributed by atoms with van der Waals surface area (Å²) in [5, 5.41) is 9.20. The fourth-order valence-electron chi connectivity index (χ4n) is 2.47. The molecule has 5 heteroatoms. The Morgan fingerprint density at radius 2 is 2.19 bits per heavy atom. The Hall–Kier alpha value is -1.52. The van der Waals surface area contributed by atoms with Gasteiger partial charge in [-0.2, -0.15) is 0 Å². The van der Waals surface area contributed by atoms with Gasteiger partial charge in [0, 0.05) is 43.6 Å². The van der Waals surface area contributed by atoms with Gasteiger partial charge in [0.15, 0.2) is 0 Å². The SMILES string of the molecule is CN(CC1CCOCC1)c1ccc(/C=C/C(=O)O)c(Cl)c1. The fourth-order valence-corrected chi connectivity index (χ4v) is 2.71. The van der Waals surface area contributed by atoms with Crippen LogP contribution >= 0.6 is 11.6 Å². The van der Waals surface area contributed by atoms with Crippen molar-refractivity contribution in [3.63, 3.8) is 0 Å². The first kappa shape index (κ1) is 15.9. The second-order valence-electron chi connectivity index (χ2n) is 5.31. The van der Waals surface area contributed by atoms with Crippen LogP contribution in [0.1, 0.15) is 18.4 Å². The highest BCUT2D eigenvalue weighted by Crippen LogP contribution is 2.26. The number of anilines is 1. The summed E-state index contributed by atoms with van der Waals surface area (Å²) >= 11 is 6.21. The predicted molar refractivity (Wildman–Crippen MR) is 84.9 cm³/mol. The lowest BCUT2D eigenvalue weighted by Gasteiger charge is -2.28. The molecule has 4 nitrogen and oxygen atoms in total. The Bertz CT molecular complexity index is 524. The van der Waals surface area contributed by atoms with E-state index in [-0.39, 0.29) is 0 Å². The Kier molecular flexibility index (Phi) is 5.65. The van der Waals surface area contributed by atoms with Gasteiger partial charge in [-0.05, 0) is 42.5 Å². The van der Waals surface area contributed by atoms with Crippen LogP contribution in [-0.4, -0.2) is 37.9 Å². The molecule has 1 aromatic carbocycles. The molecule has 1 N–H and O–H groups in total. The van der Waals surface area contributed by atoms with Crippen molar-refractivity contribution < 1.29 is 14.6 Å². The molecule has 0 spiro atoms. The highest BCUT2D eigenvalue weighted by Gasteiger charge is 2.16. The standard InChI is InChI=1S/C16H20ClNO3/c1-18(11-12-6-8-21-9-7-12)14-4-2-13(15(17)10-14)3-5-16(19)20/h2-5,10,12H,6-9,11H2,1H3,(H,19,20)/b5-3+. The summed E-state index contributed by atoms with van der Waals surface area (Å²) in [6.45, 7) is 2.67. The summed E-state index contributed by atoms with van der Waals surface area (Å²) in [6, 6.07) is 5.69. The van der Waals surface area contributed by atoms with Crippen molar-refractivity contribution in [2.24, 2.45) is 5.92 Å². The molecule has 0 amide bonds. The third-order valence-corrected chi connectivity index (χ3v) is 4.03. The molecule has 0 radical (unpaired) electrons. The number of benzene rings is 1. The Balaban J connectivity index is 2.02. The molecular formula is C16H20ClNO3. The van der Waals surface area contributed by atoms with E-state index < -0.39 is 5.97 Å². The Morgan fingerprint density at radius 1 is 1.48 bits per heavy atom. The maximum absolute atomic E-state index is 10.5. The number of ether oxygens (including phenoxy) is 1. The molecule has 1 aromatic rings. The number of carboxylic acid groups (broad SMARTS) is 1. The quantitative estimate of drug-likeness (QED) is 0.848. The summed E-state index contributed by atoms with van der Waals surface area (Å²) in [5.74, 6) is -0.333. The van der Waals surface area contributed by atoms with Crippen LogP contribution in [0.5, 0.6) is 0 Å². The molecule has 1 aliphatic heterocycles. The zero-order chi connectivity index (χ0) is 15.2. The number of halogens is 1. The van der Waals surface area contributed by atoms with Gasteiger partial charge in [-0.15, -0.1) is 0 Å². The van der Waals surface area contributed by atoms with Gasteiger partial charge in [-0.25, -0.2) is 4.79 Å². The van der Waals surface area contributed by atoms with Crippen LogP contribution in [0.4, 0.5) is 5.69 Å². The third-order valence-electron chi connectivity index (χ3n) is 3.70. The number of hydrogen-bond donors (Lipinski definition) is 1. The maximum Gasteiger partial charge on any atom is 0.328 e. The van der Waals surface area contributed by atoms with Crippen molar-refractivity contribution in [1.29, 1.82) is 0 Å². The number of hydrogen-bond acceptors (Lipinski definition) is 3. The van der Waals surface area contributed by atoms with Crippen LogP contribution in [0.15, 0.2) is 24.3 Å². The topological polar surface area (TPSA) is 49.8 Å². The molecule has 21 heavy (non-hydrogen) atoms. The molecule has 0 saturated carbocycles. The highest BCUT2D eigenvalue weighted by atomic mass is 35.5. The molecule has 1 saturated heterocycles. The summed E-state index contributed by atoms with van der Waals surface area (Å²) in [7, 11) is 2.05. The van der Waals surface area contributed by atoms with Crippen molar-refractivity contribution in [3.05, 3.63) is 34.9 Å². The van der Waals surface area contributed by atoms with Crippen LogP contribution in [0.3, 0.4) is 0 Å². The molecule has 1 fully saturated rings. The summed E-state index contributed by atoms with van der Waals surface area (Å²) in [4.78, 5) is 12.7. The van der Waals surface area contributed by atoms with Crippen LogP contribution in [-0.2, 0) is 9.53 Å². The summed E-state index contributed by atoms with van der Waals surface area (Å²) in [6.07, 6.45) is 4.79. The molecule has 0 bridgehead atoms. The molecule has 0 aliphatic carbocycles. The monoisotopic (exact) mass is 309 g/mol. The van der Waals surface area contributed by atoms with E-state index in [1.165, 1.54) is 6.08 Å². The minimum Gasteiger partial charge on any atom is -0.478 e. The lowest BCUT2D eigenvalue weighted by Crippen LogP contribution is -2.29. The minimum absolute atomic E-state index is 0.559. The van der Waals surface area contributed by atoms with Gasteiger partial charge < -0.3 is 14.7 Å². The van der Waals surface area contributed by atoms with Crippen LogP contribution < -0.4 is 4.90 Å². The Labute approximate surface area is 130 Å². The first-order chi connectivity index (χ1) is 10.1. The van der Waals surface area contributed by atoms with Gasteiger partial charge in [0.05, 0.1) is 0 Å². The molecule has 0 aromatic heterocycles. The Morgan fingerprint density at radius 3 is 2.81 bits per heavy atom. The lowest BCUT2D eigenvalue weighted by atomic mass is 9.99. The number of aliphatic carboxylic acids is 1. The van der Waals surface area contributed by atoms with Crippen LogP contribution in [0.25, 0.3) is 6.08 Å². The van der Waals surface area contributed by atoms with E-state index in [0.717, 1.165) is 44.4 Å². The van der Waals surface area contributed by atoms with E-state index in [2.05, 4.69) is 4.90 Å². The van der Waals surface area contributed by atoms with Gasteiger partial charge in [-0.3, -0.25) is 0 Å². The first-order valence-electron chi connectivity index (χ1n) is 7.05. The van der Waals surface area contributed by atoms with Gasteiger partial charge >= 0.3 is 5.97 Å².